The Labute approximate surface area is 62.1 Å². The lowest BCUT2D eigenvalue weighted by molar-refractivity contribution is 0.119. The SMILES string of the molecule is C[C@H]1CNC[C@@H](O)C1.Cl. The molecule has 1 fully saturated rings. The number of rotatable bonds is 0. The van der Waals surface area contributed by atoms with Crippen molar-refractivity contribution >= 4 is 12.4 Å². The minimum atomic E-state index is -0.0984. The van der Waals surface area contributed by atoms with Crippen LogP contribution in [-0.2, 0) is 0 Å². The van der Waals surface area contributed by atoms with Gasteiger partial charge in [0.1, 0.15) is 0 Å². The lowest BCUT2D eigenvalue weighted by atomic mass is 10.0. The molecule has 1 aliphatic heterocycles. The Bertz CT molecular complexity index is 71.5. The molecule has 1 saturated heterocycles. The largest absolute Gasteiger partial charge is 0.392 e. The first kappa shape index (κ1) is 9.21. The van der Waals surface area contributed by atoms with E-state index >= 15 is 0 Å². The second-order valence-electron chi connectivity index (χ2n) is 2.65. The van der Waals surface area contributed by atoms with E-state index in [1.54, 1.807) is 0 Å². The summed E-state index contributed by atoms with van der Waals surface area (Å²) in [7, 11) is 0. The molecule has 0 aromatic carbocycles. The lowest BCUT2D eigenvalue weighted by Gasteiger charge is -2.23. The van der Waals surface area contributed by atoms with Crippen LogP contribution >= 0.6 is 12.4 Å². The van der Waals surface area contributed by atoms with Crippen LogP contribution in [0.25, 0.3) is 0 Å². The van der Waals surface area contributed by atoms with E-state index in [2.05, 4.69) is 12.2 Å². The fourth-order valence-electron chi connectivity index (χ4n) is 1.13. The Morgan fingerprint density at radius 2 is 2.11 bits per heavy atom. The zero-order valence-electron chi connectivity index (χ0n) is 5.63. The van der Waals surface area contributed by atoms with Gasteiger partial charge in [-0.15, -0.1) is 12.4 Å². The van der Waals surface area contributed by atoms with Gasteiger partial charge in [0.2, 0.25) is 0 Å². The van der Waals surface area contributed by atoms with Gasteiger partial charge in [0.25, 0.3) is 0 Å². The molecule has 1 heterocycles. The molecule has 2 nitrogen and oxygen atoms in total. The van der Waals surface area contributed by atoms with E-state index in [1.807, 2.05) is 0 Å². The number of aliphatic hydroxyl groups excluding tert-OH is 1. The van der Waals surface area contributed by atoms with Crippen molar-refractivity contribution in [1.29, 1.82) is 0 Å². The first-order valence-corrected chi connectivity index (χ1v) is 3.18. The third-order valence-electron chi connectivity index (χ3n) is 1.55. The number of piperidine rings is 1. The Morgan fingerprint density at radius 3 is 2.44 bits per heavy atom. The van der Waals surface area contributed by atoms with E-state index in [1.165, 1.54) is 0 Å². The van der Waals surface area contributed by atoms with Gasteiger partial charge in [-0.1, -0.05) is 6.92 Å². The highest BCUT2D eigenvalue weighted by Crippen LogP contribution is 2.07. The van der Waals surface area contributed by atoms with Crippen LogP contribution in [0.2, 0.25) is 0 Å². The molecule has 0 amide bonds. The number of hydrogen-bond acceptors (Lipinski definition) is 2. The summed E-state index contributed by atoms with van der Waals surface area (Å²) in [5.41, 5.74) is 0. The van der Waals surface area contributed by atoms with Crippen LogP contribution in [0.15, 0.2) is 0 Å². The lowest BCUT2D eigenvalue weighted by Crippen LogP contribution is -2.38. The summed E-state index contributed by atoms with van der Waals surface area (Å²) in [6.45, 7) is 4.00. The van der Waals surface area contributed by atoms with E-state index in [-0.39, 0.29) is 18.5 Å². The van der Waals surface area contributed by atoms with Crippen molar-refractivity contribution in [3.63, 3.8) is 0 Å². The smallest absolute Gasteiger partial charge is 0.0667 e. The van der Waals surface area contributed by atoms with Gasteiger partial charge < -0.3 is 10.4 Å². The summed E-state index contributed by atoms with van der Waals surface area (Å²) in [6, 6.07) is 0. The Hall–Kier alpha value is 0.210. The molecule has 3 heteroatoms. The van der Waals surface area contributed by atoms with E-state index in [0.29, 0.717) is 5.92 Å². The monoisotopic (exact) mass is 151 g/mol. The van der Waals surface area contributed by atoms with Crippen molar-refractivity contribution in [2.45, 2.75) is 19.4 Å². The molecule has 2 atom stereocenters. The van der Waals surface area contributed by atoms with Gasteiger partial charge in [0.15, 0.2) is 0 Å². The Morgan fingerprint density at radius 1 is 1.44 bits per heavy atom. The highest BCUT2D eigenvalue weighted by molar-refractivity contribution is 5.85. The maximum Gasteiger partial charge on any atom is 0.0667 e. The highest BCUT2D eigenvalue weighted by Gasteiger charge is 2.14. The maximum absolute atomic E-state index is 9.02. The van der Waals surface area contributed by atoms with Gasteiger partial charge in [0.05, 0.1) is 6.10 Å². The molecule has 0 saturated carbocycles. The molecule has 0 unspecified atom stereocenters. The minimum absolute atomic E-state index is 0. The average Bonchev–Trinajstić information content (AvgIpc) is 1.64. The first-order chi connectivity index (χ1) is 3.79. The number of halogens is 1. The second-order valence-corrected chi connectivity index (χ2v) is 2.65. The number of hydrogen-bond donors (Lipinski definition) is 2. The minimum Gasteiger partial charge on any atom is -0.392 e. The molecule has 0 radical (unpaired) electrons. The summed E-state index contributed by atoms with van der Waals surface area (Å²) in [5, 5.41) is 12.2. The zero-order chi connectivity index (χ0) is 5.98. The Kier molecular flexibility index (Phi) is 4.19. The van der Waals surface area contributed by atoms with Crippen molar-refractivity contribution in [3.05, 3.63) is 0 Å². The predicted octanol–water partition coefficient (Wildman–Crippen LogP) is 0.398. The van der Waals surface area contributed by atoms with Crippen LogP contribution in [0.3, 0.4) is 0 Å². The van der Waals surface area contributed by atoms with Gasteiger partial charge >= 0.3 is 0 Å². The van der Waals surface area contributed by atoms with Crippen molar-refractivity contribution in [2.24, 2.45) is 5.92 Å². The van der Waals surface area contributed by atoms with Crippen molar-refractivity contribution in [3.8, 4) is 0 Å². The molecule has 0 bridgehead atoms. The standard InChI is InChI=1S/C6H13NO.ClH/c1-5-2-6(8)4-7-3-5;/h5-8H,2-4H2,1H3;1H/t5-,6+;/m1./s1. The molecule has 1 rings (SSSR count). The van der Waals surface area contributed by atoms with E-state index < -0.39 is 0 Å². The predicted molar refractivity (Wildman–Crippen MR) is 39.9 cm³/mol. The third kappa shape index (κ3) is 3.04. The van der Waals surface area contributed by atoms with E-state index in [0.717, 1.165) is 19.5 Å². The summed E-state index contributed by atoms with van der Waals surface area (Å²) >= 11 is 0. The van der Waals surface area contributed by atoms with Crippen LogP contribution in [0.5, 0.6) is 0 Å². The second kappa shape index (κ2) is 4.09. The molecule has 0 spiro atoms. The van der Waals surface area contributed by atoms with Crippen LogP contribution in [-0.4, -0.2) is 24.3 Å². The van der Waals surface area contributed by atoms with Gasteiger partial charge in [-0.25, -0.2) is 0 Å². The average molecular weight is 152 g/mol. The highest BCUT2D eigenvalue weighted by atomic mass is 35.5. The van der Waals surface area contributed by atoms with Crippen molar-refractivity contribution in [2.75, 3.05) is 13.1 Å². The molecule has 56 valence electrons. The summed E-state index contributed by atoms with van der Waals surface area (Å²) < 4.78 is 0. The molecule has 2 N–H and O–H groups in total. The Balaban J connectivity index is 0.000000640. The van der Waals surface area contributed by atoms with Gasteiger partial charge in [-0.2, -0.15) is 0 Å². The number of nitrogens with one attached hydrogen (secondary N) is 1. The zero-order valence-corrected chi connectivity index (χ0v) is 6.45. The molecular formula is C6H14ClNO. The first-order valence-electron chi connectivity index (χ1n) is 3.18. The van der Waals surface area contributed by atoms with Crippen molar-refractivity contribution in [1.82, 2.24) is 5.32 Å². The van der Waals surface area contributed by atoms with Gasteiger partial charge in [-0.05, 0) is 18.9 Å². The number of β-amino-alcohol motifs (C(OH)–C–C–N with tert-alkyl or cyclic N) is 1. The summed E-state index contributed by atoms with van der Waals surface area (Å²) in [4.78, 5) is 0. The fourth-order valence-corrected chi connectivity index (χ4v) is 1.13. The van der Waals surface area contributed by atoms with Crippen LogP contribution in [0.1, 0.15) is 13.3 Å². The van der Waals surface area contributed by atoms with Gasteiger partial charge in [0, 0.05) is 6.54 Å². The molecular weight excluding hydrogens is 138 g/mol. The number of aliphatic hydroxyl groups is 1. The third-order valence-corrected chi connectivity index (χ3v) is 1.55. The molecule has 0 aromatic rings. The molecule has 9 heavy (non-hydrogen) atoms. The normalized spacial score (nSPS) is 35.3. The topological polar surface area (TPSA) is 32.3 Å². The quantitative estimate of drug-likeness (QED) is 0.526. The van der Waals surface area contributed by atoms with Crippen LogP contribution in [0, 0.1) is 5.92 Å². The summed E-state index contributed by atoms with van der Waals surface area (Å²) in [6.07, 6.45) is 0.867. The maximum atomic E-state index is 9.02. The van der Waals surface area contributed by atoms with Crippen LogP contribution < -0.4 is 5.32 Å². The molecule has 0 aromatic heterocycles. The fraction of sp³-hybridized carbons (Fsp3) is 1.00. The van der Waals surface area contributed by atoms with E-state index in [4.69, 9.17) is 5.11 Å². The van der Waals surface area contributed by atoms with E-state index in [9.17, 15) is 0 Å². The van der Waals surface area contributed by atoms with Gasteiger partial charge in [-0.3, -0.25) is 0 Å². The summed E-state index contributed by atoms with van der Waals surface area (Å²) in [5.74, 6) is 0.652. The molecule has 1 aliphatic rings. The van der Waals surface area contributed by atoms with Crippen molar-refractivity contribution < 1.29 is 5.11 Å². The van der Waals surface area contributed by atoms with Crippen LogP contribution in [0.4, 0.5) is 0 Å². The molecule has 0 aliphatic carbocycles.